The monoisotopic (exact) mass is 647 g/mol. The van der Waals surface area contributed by atoms with E-state index in [1.807, 2.05) is 13.8 Å². The molecular formula is C30H35Cl2N5O5S. The molecule has 0 saturated heterocycles. The number of aromatic hydroxyl groups is 1. The summed E-state index contributed by atoms with van der Waals surface area (Å²) in [5.41, 5.74) is 7.69. The molecule has 1 unspecified atom stereocenters. The summed E-state index contributed by atoms with van der Waals surface area (Å²) in [7, 11) is 0. The Morgan fingerprint density at radius 3 is 2.49 bits per heavy atom. The van der Waals surface area contributed by atoms with Crippen LogP contribution in [0.15, 0.2) is 36.4 Å². The standard InChI is InChI=1S/C30H35Cl2N5O5S/c1-3-15(2)24(26(33)43)36-28(40)30(11-10-22-20(14-30)19-12-17(31)13-21(32)25(19)34-22)37-27(39)23(35-29(41)42)9-6-16-4-7-18(38)8-5-16/h4-5,7-8,12-13,15,23-24,34-35,38H,3,6,9-11,14H2,1-2H3,(H2,33,43)(H,36,40)(H,37,39)(H,41,42)/t15-,23-,24?,30+/m0/s1. The molecule has 0 radical (unpaired) electrons. The molecular weight excluding hydrogens is 613 g/mol. The molecule has 1 aliphatic carbocycles. The first-order valence-electron chi connectivity index (χ1n) is 14.0. The Balaban J connectivity index is 1.70. The average molecular weight is 649 g/mol. The summed E-state index contributed by atoms with van der Waals surface area (Å²) in [4.78, 5) is 43.1. The molecule has 1 aliphatic rings. The maximum Gasteiger partial charge on any atom is 0.405 e. The van der Waals surface area contributed by atoms with E-state index in [0.29, 0.717) is 34.8 Å². The molecule has 10 nitrogen and oxygen atoms in total. The molecule has 3 aromatic rings. The van der Waals surface area contributed by atoms with Gasteiger partial charge in [-0.1, -0.05) is 67.8 Å². The van der Waals surface area contributed by atoms with E-state index in [1.54, 1.807) is 24.3 Å². The minimum Gasteiger partial charge on any atom is -0.508 e. The number of aryl methyl sites for hydroxylation is 2. The van der Waals surface area contributed by atoms with Crippen LogP contribution in [-0.2, 0) is 28.9 Å². The van der Waals surface area contributed by atoms with Gasteiger partial charge in [-0.25, -0.2) is 4.79 Å². The second-order valence-electron chi connectivity index (χ2n) is 11.1. The second-order valence-corrected chi connectivity index (χ2v) is 12.4. The molecule has 230 valence electrons. The van der Waals surface area contributed by atoms with Gasteiger partial charge in [0.15, 0.2) is 0 Å². The number of carboxylic acid groups (broad SMARTS) is 1. The number of carbonyl (C=O) groups is 3. The number of carbonyl (C=O) groups excluding carboxylic acids is 2. The third kappa shape index (κ3) is 7.34. The number of phenols is 1. The van der Waals surface area contributed by atoms with Crippen molar-refractivity contribution in [2.24, 2.45) is 11.7 Å². The number of rotatable bonds is 11. The number of aromatic amines is 1. The first-order valence-corrected chi connectivity index (χ1v) is 15.2. The molecule has 4 rings (SSSR count). The molecule has 13 heteroatoms. The molecule has 43 heavy (non-hydrogen) atoms. The lowest BCUT2D eigenvalue weighted by Crippen LogP contribution is -2.66. The molecule has 0 fully saturated rings. The van der Waals surface area contributed by atoms with Crippen molar-refractivity contribution in [2.75, 3.05) is 0 Å². The van der Waals surface area contributed by atoms with Crippen molar-refractivity contribution in [3.63, 3.8) is 0 Å². The van der Waals surface area contributed by atoms with Gasteiger partial charge in [-0.2, -0.15) is 0 Å². The van der Waals surface area contributed by atoms with Crippen LogP contribution in [-0.4, -0.2) is 55.7 Å². The fourth-order valence-corrected chi connectivity index (χ4v) is 6.38. The summed E-state index contributed by atoms with van der Waals surface area (Å²) in [6.45, 7) is 3.89. The summed E-state index contributed by atoms with van der Waals surface area (Å²) in [5.74, 6) is -1.09. The summed E-state index contributed by atoms with van der Waals surface area (Å²) < 4.78 is 0. The highest BCUT2D eigenvalue weighted by Gasteiger charge is 2.46. The van der Waals surface area contributed by atoms with Crippen LogP contribution in [0.5, 0.6) is 5.75 Å². The fraction of sp³-hybridized carbons (Fsp3) is 0.400. The third-order valence-electron chi connectivity index (χ3n) is 8.18. The molecule has 0 aliphatic heterocycles. The third-order valence-corrected chi connectivity index (χ3v) is 8.95. The molecule has 4 atom stereocenters. The van der Waals surface area contributed by atoms with Crippen LogP contribution in [0.3, 0.4) is 0 Å². The molecule has 0 spiro atoms. The number of nitrogens with two attached hydrogens (primary N) is 1. The van der Waals surface area contributed by atoms with Crippen LogP contribution in [0, 0.1) is 5.92 Å². The van der Waals surface area contributed by atoms with Crippen molar-refractivity contribution < 1.29 is 24.6 Å². The minimum absolute atomic E-state index is 0.0641. The van der Waals surface area contributed by atoms with E-state index in [2.05, 4.69) is 20.9 Å². The van der Waals surface area contributed by atoms with Gasteiger partial charge in [0, 0.05) is 22.5 Å². The van der Waals surface area contributed by atoms with Crippen molar-refractivity contribution in [2.45, 2.75) is 70.0 Å². The van der Waals surface area contributed by atoms with Gasteiger partial charge in [0.05, 0.1) is 21.6 Å². The Hall–Kier alpha value is -3.54. The highest BCUT2D eigenvalue weighted by Crippen LogP contribution is 2.38. The van der Waals surface area contributed by atoms with E-state index in [4.69, 9.17) is 41.2 Å². The second kappa shape index (κ2) is 13.4. The van der Waals surface area contributed by atoms with Gasteiger partial charge in [-0.3, -0.25) is 9.59 Å². The Morgan fingerprint density at radius 2 is 1.86 bits per heavy atom. The summed E-state index contributed by atoms with van der Waals surface area (Å²) in [6, 6.07) is 8.04. The number of aromatic nitrogens is 1. The number of nitrogens with one attached hydrogen (secondary N) is 4. The van der Waals surface area contributed by atoms with Crippen molar-refractivity contribution in [3.05, 3.63) is 63.3 Å². The Bertz CT molecular complexity index is 1550. The van der Waals surface area contributed by atoms with E-state index >= 15 is 0 Å². The lowest BCUT2D eigenvalue weighted by Gasteiger charge is -2.39. The van der Waals surface area contributed by atoms with Crippen LogP contribution in [0.1, 0.15) is 49.9 Å². The number of H-pyrrole nitrogens is 1. The first kappa shape index (κ1) is 32.4. The number of benzene rings is 2. The van der Waals surface area contributed by atoms with Crippen LogP contribution >= 0.6 is 35.4 Å². The van der Waals surface area contributed by atoms with Gasteiger partial charge in [0.25, 0.3) is 0 Å². The van der Waals surface area contributed by atoms with Gasteiger partial charge in [-0.15, -0.1) is 0 Å². The van der Waals surface area contributed by atoms with Gasteiger partial charge >= 0.3 is 6.09 Å². The number of phenolic OH excluding ortho intramolecular Hbond substituents is 1. The Morgan fingerprint density at radius 1 is 1.16 bits per heavy atom. The van der Waals surface area contributed by atoms with Crippen LogP contribution in [0.25, 0.3) is 10.9 Å². The molecule has 0 saturated carbocycles. The van der Waals surface area contributed by atoms with E-state index < -0.39 is 35.5 Å². The molecule has 8 N–H and O–H groups in total. The lowest BCUT2D eigenvalue weighted by molar-refractivity contribution is -0.135. The predicted molar refractivity (Wildman–Crippen MR) is 171 cm³/mol. The zero-order valence-electron chi connectivity index (χ0n) is 23.8. The Kier molecular flexibility index (Phi) is 10.1. The zero-order chi connectivity index (χ0) is 31.5. The highest BCUT2D eigenvalue weighted by atomic mass is 35.5. The van der Waals surface area contributed by atoms with Crippen LogP contribution in [0.2, 0.25) is 10.0 Å². The minimum atomic E-state index is -1.46. The quantitative estimate of drug-likeness (QED) is 0.149. The zero-order valence-corrected chi connectivity index (χ0v) is 26.1. The topological polar surface area (TPSA) is 170 Å². The maximum atomic E-state index is 14.2. The highest BCUT2D eigenvalue weighted by molar-refractivity contribution is 7.80. The van der Waals surface area contributed by atoms with E-state index in [-0.39, 0.29) is 35.9 Å². The summed E-state index contributed by atoms with van der Waals surface area (Å²) in [6.07, 6.45) is 0.508. The summed E-state index contributed by atoms with van der Waals surface area (Å²) >= 11 is 18.1. The number of hydrogen-bond acceptors (Lipinski definition) is 5. The summed E-state index contributed by atoms with van der Waals surface area (Å²) in [5, 5.41) is 28.9. The smallest absolute Gasteiger partial charge is 0.405 e. The lowest BCUT2D eigenvalue weighted by atomic mass is 9.78. The van der Waals surface area contributed by atoms with Crippen LogP contribution in [0.4, 0.5) is 4.79 Å². The predicted octanol–water partition coefficient (Wildman–Crippen LogP) is 4.61. The van der Waals surface area contributed by atoms with Crippen molar-refractivity contribution in [1.82, 2.24) is 20.9 Å². The van der Waals surface area contributed by atoms with Gasteiger partial charge < -0.3 is 36.9 Å². The van der Waals surface area contributed by atoms with Crippen molar-refractivity contribution in [3.8, 4) is 5.75 Å². The normalized spacial score (nSPS) is 18.2. The molecule has 2 aromatic carbocycles. The van der Waals surface area contributed by atoms with Crippen molar-refractivity contribution in [1.29, 1.82) is 0 Å². The number of thiocarbonyl (C=S) groups is 1. The van der Waals surface area contributed by atoms with Crippen LogP contribution < -0.4 is 21.7 Å². The van der Waals surface area contributed by atoms with Gasteiger partial charge in [0.2, 0.25) is 11.8 Å². The van der Waals surface area contributed by atoms with E-state index in [1.165, 1.54) is 12.1 Å². The number of halogens is 2. The van der Waals surface area contributed by atoms with Crippen molar-refractivity contribution >= 4 is 69.2 Å². The molecule has 1 aromatic heterocycles. The van der Waals surface area contributed by atoms with E-state index in [9.17, 15) is 24.6 Å². The van der Waals surface area contributed by atoms with Gasteiger partial charge in [-0.05, 0) is 67.0 Å². The fourth-order valence-electron chi connectivity index (χ4n) is 5.55. The molecule has 1 heterocycles. The number of amides is 3. The molecule has 3 amide bonds. The SMILES string of the molecule is CC[C@H](C)C(NC(=O)[C@@]1(NC(=O)[C@H](CCc2ccc(O)cc2)NC(=O)O)CCc2[nH]c3c(Cl)cc(Cl)cc3c2C1)C(N)=S. The largest absolute Gasteiger partial charge is 0.508 e. The maximum absolute atomic E-state index is 14.2. The number of hydrogen-bond donors (Lipinski definition) is 7. The van der Waals surface area contributed by atoms with Gasteiger partial charge in [0.1, 0.15) is 17.3 Å². The number of fused-ring (bicyclic) bond motifs is 3. The first-order chi connectivity index (χ1) is 20.3. The molecule has 0 bridgehead atoms. The van der Waals surface area contributed by atoms with E-state index in [0.717, 1.165) is 22.2 Å². The Labute approximate surface area is 264 Å². The average Bonchev–Trinajstić information content (AvgIpc) is 3.31.